The molecule has 0 fully saturated rings. The molecule has 0 aromatic heterocycles. The maximum absolute atomic E-state index is 13.6. The number of hydrogen-bond donors (Lipinski definition) is 0. The fraction of sp³-hybridized carbons (Fsp3) is 0.143. The summed E-state index contributed by atoms with van der Waals surface area (Å²) in [6.45, 7) is 0. The molecule has 0 amide bonds. The fourth-order valence-electron chi connectivity index (χ4n) is 1.80. The van der Waals surface area contributed by atoms with Gasteiger partial charge in [0.15, 0.2) is 0 Å². The van der Waals surface area contributed by atoms with Crippen molar-refractivity contribution in [3.8, 4) is 5.75 Å². The minimum atomic E-state index is -0.370. The SMILES string of the molecule is COc1cc(F)c(Br)cc1C(Br)c1cccc(Br)c1Cl. The molecule has 0 bridgehead atoms. The second-order valence-electron chi connectivity index (χ2n) is 4.01. The van der Waals surface area contributed by atoms with Crippen molar-refractivity contribution in [3.63, 3.8) is 0 Å². The van der Waals surface area contributed by atoms with E-state index in [4.69, 9.17) is 16.3 Å². The molecule has 2 rings (SSSR count). The summed E-state index contributed by atoms with van der Waals surface area (Å²) in [5, 5.41) is 0.608. The molecule has 1 atom stereocenters. The standard InChI is InChI=1S/C14H9Br3ClFO/c1-20-12-6-11(19)10(16)5-8(12)13(17)7-3-2-4-9(15)14(7)18/h2-6,13H,1H3. The van der Waals surface area contributed by atoms with Gasteiger partial charge in [-0.15, -0.1) is 0 Å². The molecule has 0 radical (unpaired) electrons. The third-order valence-corrected chi connectivity index (χ3v) is 5.71. The van der Waals surface area contributed by atoms with Gasteiger partial charge in [-0.1, -0.05) is 39.7 Å². The first-order valence-electron chi connectivity index (χ1n) is 5.56. The van der Waals surface area contributed by atoms with Gasteiger partial charge in [-0.05, 0) is 49.6 Å². The molecular formula is C14H9Br3ClFO. The third kappa shape index (κ3) is 3.21. The molecule has 1 unspecified atom stereocenters. The van der Waals surface area contributed by atoms with E-state index in [0.717, 1.165) is 15.6 Å². The van der Waals surface area contributed by atoms with E-state index in [1.807, 2.05) is 18.2 Å². The maximum atomic E-state index is 13.6. The molecule has 0 N–H and O–H groups in total. The van der Waals surface area contributed by atoms with Gasteiger partial charge in [0.2, 0.25) is 0 Å². The Labute approximate surface area is 146 Å². The molecule has 2 aromatic carbocycles. The van der Waals surface area contributed by atoms with Crippen molar-refractivity contribution in [2.24, 2.45) is 0 Å². The molecular weight excluding hydrogens is 478 g/mol. The molecule has 0 aliphatic heterocycles. The Morgan fingerprint density at radius 2 is 1.85 bits per heavy atom. The summed E-state index contributed by atoms with van der Waals surface area (Å²) in [5.41, 5.74) is 1.67. The molecule has 20 heavy (non-hydrogen) atoms. The summed E-state index contributed by atoms with van der Waals surface area (Å²) in [7, 11) is 1.51. The molecule has 0 aliphatic rings. The predicted molar refractivity (Wildman–Crippen MR) is 90.6 cm³/mol. The van der Waals surface area contributed by atoms with Crippen molar-refractivity contribution in [1.29, 1.82) is 0 Å². The predicted octanol–water partition coefficient (Wildman–Crippen LogP) is 6.50. The Balaban J connectivity index is 2.55. The lowest BCUT2D eigenvalue weighted by atomic mass is 10.0. The smallest absolute Gasteiger partial charge is 0.141 e. The average Bonchev–Trinajstić information content (AvgIpc) is 2.43. The van der Waals surface area contributed by atoms with Crippen molar-refractivity contribution in [1.82, 2.24) is 0 Å². The van der Waals surface area contributed by atoms with E-state index in [1.165, 1.54) is 13.2 Å². The molecule has 0 saturated carbocycles. The lowest BCUT2D eigenvalue weighted by Gasteiger charge is -2.17. The third-order valence-electron chi connectivity index (χ3n) is 2.80. The number of alkyl halides is 1. The summed E-state index contributed by atoms with van der Waals surface area (Å²) < 4.78 is 20.0. The summed E-state index contributed by atoms with van der Waals surface area (Å²) in [6.07, 6.45) is 0. The van der Waals surface area contributed by atoms with Gasteiger partial charge < -0.3 is 4.74 Å². The first-order chi connectivity index (χ1) is 9.45. The zero-order valence-corrected chi connectivity index (χ0v) is 15.8. The quantitative estimate of drug-likeness (QED) is 0.450. The maximum Gasteiger partial charge on any atom is 0.141 e. The molecule has 0 saturated heterocycles. The minimum Gasteiger partial charge on any atom is -0.496 e. The van der Waals surface area contributed by atoms with Crippen LogP contribution in [0.15, 0.2) is 39.3 Å². The highest BCUT2D eigenvalue weighted by Crippen LogP contribution is 2.42. The Bertz CT molecular complexity index is 649. The van der Waals surface area contributed by atoms with Crippen LogP contribution in [-0.2, 0) is 0 Å². The summed E-state index contributed by atoms with van der Waals surface area (Å²) in [5.74, 6) is 0.0919. The van der Waals surface area contributed by atoms with E-state index < -0.39 is 0 Å². The van der Waals surface area contributed by atoms with E-state index in [9.17, 15) is 4.39 Å². The molecule has 0 heterocycles. The molecule has 2 aromatic rings. The van der Waals surface area contributed by atoms with E-state index in [0.29, 0.717) is 15.2 Å². The number of benzene rings is 2. The molecule has 106 valence electrons. The molecule has 6 heteroatoms. The number of methoxy groups -OCH3 is 1. The van der Waals surface area contributed by atoms with Crippen LogP contribution in [0.3, 0.4) is 0 Å². The first-order valence-corrected chi connectivity index (χ1v) is 8.44. The zero-order chi connectivity index (χ0) is 14.9. The number of rotatable bonds is 3. The molecule has 0 spiro atoms. The first kappa shape index (κ1) is 16.3. The van der Waals surface area contributed by atoms with E-state index in [2.05, 4.69) is 47.8 Å². The van der Waals surface area contributed by atoms with Crippen LogP contribution >= 0.6 is 59.4 Å². The van der Waals surface area contributed by atoms with Crippen LogP contribution < -0.4 is 4.74 Å². The fourth-order valence-corrected chi connectivity index (χ4v) is 3.65. The monoisotopic (exact) mass is 484 g/mol. The Morgan fingerprint density at radius 3 is 2.50 bits per heavy atom. The Kier molecular flexibility index (Phi) is 5.51. The van der Waals surface area contributed by atoms with Crippen LogP contribution in [0.2, 0.25) is 5.02 Å². The van der Waals surface area contributed by atoms with Crippen LogP contribution in [0.1, 0.15) is 16.0 Å². The van der Waals surface area contributed by atoms with Crippen LogP contribution in [0.4, 0.5) is 4.39 Å². The number of hydrogen-bond acceptors (Lipinski definition) is 1. The minimum absolute atomic E-state index is 0.209. The number of halogens is 5. The second-order valence-corrected chi connectivity index (χ2v) is 7.02. The van der Waals surface area contributed by atoms with E-state index in [-0.39, 0.29) is 10.6 Å². The van der Waals surface area contributed by atoms with Gasteiger partial charge in [-0.3, -0.25) is 0 Å². The van der Waals surface area contributed by atoms with Crippen LogP contribution in [-0.4, -0.2) is 7.11 Å². The molecule has 0 aliphatic carbocycles. The van der Waals surface area contributed by atoms with Crippen molar-refractivity contribution in [2.45, 2.75) is 4.83 Å². The largest absolute Gasteiger partial charge is 0.496 e. The van der Waals surface area contributed by atoms with Gasteiger partial charge in [0.05, 0.1) is 21.4 Å². The summed E-state index contributed by atoms with van der Waals surface area (Å²) in [4.78, 5) is -0.209. The summed E-state index contributed by atoms with van der Waals surface area (Å²) >= 11 is 16.5. The van der Waals surface area contributed by atoms with E-state index in [1.54, 1.807) is 6.07 Å². The summed E-state index contributed by atoms with van der Waals surface area (Å²) in [6, 6.07) is 8.70. The van der Waals surface area contributed by atoms with Gasteiger partial charge in [0.25, 0.3) is 0 Å². The van der Waals surface area contributed by atoms with Gasteiger partial charge in [0.1, 0.15) is 11.6 Å². The van der Waals surface area contributed by atoms with Crippen molar-refractivity contribution >= 4 is 59.4 Å². The normalized spacial score (nSPS) is 12.3. The van der Waals surface area contributed by atoms with Gasteiger partial charge in [-0.25, -0.2) is 4.39 Å². The van der Waals surface area contributed by atoms with Gasteiger partial charge in [0, 0.05) is 16.1 Å². The van der Waals surface area contributed by atoms with Crippen LogP contribution in [0.25, 0.3) is 0 Å². The second kappa shape index (κ2) is 6.77. The highest BCUT2D eigenvalue weighted by atomic mass is 79.9. The van der Waals surface area contributed by atoms with Gasteiger partial charge in [-0.2, -0.15) is 0 Å². The van der Waals surface area contributed by atoms with Crippen molar-refractivity contribution in [3.05, 3.63) is 61.2 Å². The topological polar surface area (TPSA) is 9.23 Å². The Morgan fingerprint density at radius 1 is 1.15 bits per heavy atom. The number of ether oxygens (including phenoxy) is 1. The lowest BCUT2D eigenvalue weighted by molar-refractivity contribution is 0.406. The average molecular weight is 487 g/mol. The van der Waals surface area contributed by atoms with Crippen LogP contribution in [0.5, 0.6) is 5.75 Å². The Hall–Kier alpha value is -0.100. The zero-order valence-electron chi connectivity index (χ0n) is 10.3. The van der Waals surface area contributed by atoms with Gasteiger partial charge >= 0.3 is 0 Å². The van der Waals surface area contributed by atoms with Crippen LogP contribution in [0, 0.1) is 5.82 Å². The van der Waals surface area contributed by atoms with Crippen molar-refractivity contribution in [2.75, 3.05) is 7.11 Å². The van der Waals surface area contributed by atoms with Crippen molar-refractivity contribution < 1.29 is 9.13 Å². The molecule has 1 nitrogen and oxygen atoms in total. The van der Waals surface area contributed by atoms with E-state index >= 15 is 0 Å². The lowest BCUT2D eigenvalue weighted by Crippen LogP contribution is -1.99. The highest BCUT2D eigenvalue weighted by Gasteiger charge is 2.20. The highest BCUT2D eigenvalue weighted by molar-refractivity contribution is 9.11.